The summed E-state index contributed by atoms with van der Waals surface area (Å²) in [6.07, 6.45) is 0. The van der Waals surface area contributed by atoms with E-state index in [0.717, 1.165) is 0 Å². The lowest BCUT2D eigenvalue weighted by molar-refractivity contribution is -0.144. The zero-order valence-corrected chi connectivity index (χ0v) is 10.7. The molecule has 0 aromatic carbocycles. The molecule has 0 amide bonds. The highest BCUT2D eigenvalue weighted by Crippen LogP contribution is 1.98. The summed E-state index contributed by atoms with van der Waals surface area (Å²) in [5.74, 6) is -1.67. The lowest BCUT2D eigenvalue weighted by atomic mass is 10.1. The molecule has 0 rings (SSSR count). The standard InChI is InChI=1S/2C5H11NO2/c2*1-5(2,6-3)4(7)8/h2*6H,1-3H3,(H,7,8). The van der Waals surface area contributed by atoms with Crippen molar-refractivity contribution in [3.05, 3.63) is 0 Å². The average molecular weight is 234 g/mol. The van der Waals surface area contributed by atoms with Gasteiger partial charge >= 0.3 is 11.9 Å². The SMILES string of the molecule is CNC(C)(C)C(=O)O.CNC(C)(C)C(=O)O. The summed E-state index contributed by atoms with van der Waals surface area (Å²) >= 11 is 0. The molecule has 0 aromatic rings. The molecule has 6 heteroatoms. The van der Waals surface area contributed by atoms with E-state index in [0.29, 0.717) is 0 Å². The molecule has 0 saturated heterocycles. The lowest BCUT2D eigenvalue weighted by Gasteiger charge is -2.16. The van der Waals surface area contributed by atoms with Gasteiger partial charge < -0.3 is 20.8 Å². The van der Waals surface area contributed by atoms with Crippen molar-refractivity contribution >= 4 is 11.9 Å². The maximum atomic E-state index is 10.2. The summed E-state index contributed by atoms with van der Waals surface area (Å²) in [6.45, 7) is 6.43. The van der Waals surface area contributed by atoms with E-state index in [2.05, 4.69) is 10.6 Å². The highest BCUT2D eigenvalue weighted by molar-refractivity contribution is 5.77. The number of rotatable bonds is 4. The minimum absolute atomic E-state index is 0.792. The third-order valence-corrected chi connectivity index (χ3v) is 2.32. The third-order valence-electron chi connectivity index (χ3n) is 2.32. The van der Waals surface area contributed by atoms with Crippen LogP contribution in [0.25, 0.3) is 0 Å². The van der Waals surface area contributed by atoms with E-state index < -0.39 is 23.0 Å². The van der Waals surface area contributed by atoms with Gasteiger partial charge in [-0.05, 0) is 41.8 Å². The summed E-state index contributed by atoms with van der Waals surface area (Å²) in [5.41, 5.74) is -1.58. The van der Waals surface area contributed by atoms with Crippen molar-refractivity contribution in [1.29, 1.82) is 0 Å². The zero-order chi connectivity index (χ0) is 13.6. The molecular weight excluding hydrogens is 212 g/mol. The van der Waals surface area contributed by atoms with Crippen molar-refractivity contribution in [2.24, 2.45) is 0 Å². The van der Waals surface area contributed by atoms with Crippen molar-refractivity contribution in [2.45, 2.75) is 38.8 Å². The molecule has 0 aliphatic carbocycles. The summed E-state index contributed by atoms with van der Waals surface area (Å²) in [7, 11) is 3.24. The summed E-state index contributed by atoms with van der Waals surface area (Å²) in [4.78, 5) is 20.4. The Balaban J connectivity index is 0. The fraction of sp³-hybridized carbons (Fsp3) is 0.800. The normalized spacial score (nSPS) is 11.4. The van der Waals surface area contributed by atoms with Crippen molar-refractivity contribution < 1.29 is 19.8 Å². The number of nitrogens with one attached hydrogen (secondary N) is 2. The maximum absolute atomic E-state index is 10.2. The van der Waals surface area contributed by atoms with Gasteiger partial charge in [-0.3, -0.25) is 9.59 Å². The van der Waals surface area contributed by atoms with Crippen LogP contribution in [0.5, 0.6) is 0 Å². The van der Waals surface area contributed by atoms with E-state index in [4.69, 9.17) is 10.2 Å². The zero-order valence-electron chi connectivity index (χ0n) is 10.7. The van der Waals surface area contributed by atoms with Crippen molar-refractivity contribution in [1.82, 2.24) is 10.6 Å². The summed E-state index contributed by atoms with van der Waals surface area (Å²) in [6, 6.07) is 0. The second-order valence-electron chi connectivity index (χ2n) is 4.36. The van der Waals surface area contributed by atoms with Gasteiger partial charge in [0, 0.05) is 0 Å². The van der Waals surface area contributed by atoms with Gasteiger partial charge in [-0.15, -0.1) is 0 Å². The van der Waals surface area contributed by atoms with Gasteiger partial charge in [0.1, 0.15) is 11.1 Å². The molecule has 0 aliphatic rings. The van der Waals surface area contributed by atoms with Crippen LogP contribution >= 0.6 is 0 Å². The Morgan fingerprint density at radius 2 is 1.00 bits per heavy atom. The van der Waals surface area contributed by atoms with Gasteiger partial charge in [0.2, 0.25) is 0 Å². The van der Waals surface area contributed by atoms with Gasteiger partial charge in [0.25, 0.3) is 0 Å². The molecule has 4 N–H and O–H groups in total. The molecule has 0 spiro atoms. The number of hydrogen-bond acceptors (Lipinski definition) is 4. The molecule has 0 saturated carbocycles. The molecule has 0 aromatic heterocycles. The van der Waals surface area contributed by atoms with E-state index in [-0.39, 0.29) is 0 Å². The molecule has 6 nitrogen and oxygen atoms in total. The molecule has 0 unspecified atom stereocenters. The molecule has 0 aliphatic heterocycles. The van der Waals surface area contributed by atoms with Gasteiger partial charge in [-0.2, -0.15) is 0 Å². The van der Waals surface area contributed by atoms with Crippen LogP contribution in [0.2, 0.25) is 0 Å². The van der Waals surface area contributed by atoms with Crippen molar-refractivity contribution in [3.8, 4) is 0 Å². The Morgan fingerprint density at radius 1 is 0.812 bits per heavy atom. The highest BCUT2D eigenvalue weighted by Gasteiger charge is 2.23. The molecule has 0 atom stereocenters. The highest BCUT2D eigenvalue weighted by atomic mass is 16.4. The van der Waals surface area contributed by atoms with Gasteiger partial charge in [0.05, 0.1) is 0 Å². The monoisotopic (exact) mass is 234 g/mol. The Bertz CT molecular complexity index is 223. The Hall–Kier alpha value is -1.14. The van der Waals surface area contributed by atoms with Crippen LogP contribution in [0.1, 0.15) is 27.7 Å². The first-order chi connectivity index (χ1) is 7.01. The lowest BCUT2D eigenvalue weighted by Crippen LogP contribution is -2.44. The Labute approximate surface area is 96.0 Å². The van der Waals surface area contributed by atoms with Gasteiger partial charge in [-0.25, -0.2) is 0 Å². The number of carboxylic acids is 2. The first-order valence-electron chi connectivity index (χ1n) is 4.86. The van der Waals surface area contributed by atoms with E-state index in [9.17, 15) is 9.59 Å². The van der Waals surface area contributed by atoms with E-state index >= 15 is 0 Å². The van der Waals surface area contributed by atoms with Gasteiger partial charge in [-0.1, -0.05) is 0 Å². The van der Waals surface area contributed by atoms with Crippen molar-refractivity contribution in [3.63, 3.8) is 0 Å². The minimum atomic E-state index is -0.833. The van der Waals surface area contributed by atoms with Crippen LogP contribution in [0.3, 0.4) is 0 Å². The van der Waals surface area contributed by atoms with Crippen LogP contribution in [0, 0.1) is 0 Å². The second kappa shape index (κ2) is 6.44. The van der Waals surface area contributed by atoms with E-state index in [1.54, 1.807) is 41.8 Å². The molecule has 16 heavy (non-hydrogen) atoms. The quantitative estimate of drug-likeness (QED) is 0.552. The number of aliphatic carboxylic acids is 2. The number of likely N-dealkylation sites (N-methyl/N-ethyl adjacent to an activating group) is 2. The van der Waals surface area contributed by atoms with Crippen LogP contribution < -0.4 is 10.6 Å². The maximum Gasteiger partial charge on any atom is 0.323 e. The second-order valence-corrected chi connectivity index (χ2v) is 4.36. The smallest absolute Gasteiger partial charge is 0.323 e. The van der Waals surface area contributed by atoms with Crippen LogP contribution in [-0.2, 0) is 9.59 Å². The fourth-order valence-electron chi connectivity index (χ4n) is 0.214. The van der Waals surface area contributed by atoms with Crippen LogP contribution in [-0.4, -0.2) is 47.3 Å². The molecular formula is C10H22N2O4. The Kier molecular flexibility index (Phi) is 6.95. The number of carbonyl (C=O) groups is 2. The largest absolute Gasteiger partial charge is 0.480 e. The predicted molar refractivity (Wildman–Crippen MR) is 61.5 cm³/mol. The first-order valence-corrected chi connectivity index (χ1v) is 4.86. The van der Waals surface area contributed by atoms with Crippen LogP contribution in [0.15, 0.2) is 0 Å². The predicted octanol–water partition coefficient (Wildman–Crippen LogP) is 0.138. The summed E-state index contributed by atoms with van der Waals surface area (Å²) < 4.78 is 0. The molecule has 0 bridgehead atoms. The molecule has 0 radical (unpaired) electrons. The number of carboxylic acid groups (broad SMARTS) is 2. The third kappa shape index (κ3) is 6.36. The van der Waals surface area contributed by atoms with E-state index in [1.807, 2.05) is 0 Å². The average Bonchev–Trinajstić information content (AvgIpc) is 2.18. The van der Waals surface area contributed by atoms with E-state index in [1.165, 1.54) is 0 Å². The topological polar surface area (TPSA) is 98.7 Å². The molecule has 0 heterocycles. The number of hydrogen-bond donors (Lipinski definition) is 4. The fourth-order valence-corrected chi connectivity index (χ4v) is 0.214. The summed E-state index contributed by atoms with van der Waals surface area (Å²) in [5, 5.41) is 22.0. The first kappa shape index (κ1) is 17.3. The van der Waals surface area contributed by atoms with Gasteiger partial charge in [0.15, 0.2) is 0 Å². The molecule has 0 fully saturated rings. The van der Waals surface area contributed by atoms with Crippen LogP contribution in [0.4, 0.5) is 0 Å². The van der Waals surface area contributed by atoms with Crippen molar-refractivity contribution in [2.75, 3.05) is 14.1 Å². The Morgan fingerprint density at radius 3 is 1.00 bits per heavy atom. The minimum Gasteiger partial charge on any atom is -0.480 e. The molecule has 96 valence electrons.